The van der Waals surface area contributed by atoms with Gasteiger partial charge in [0, 0.05) is 38.3 Å². The van der Waals surface area contributed by atoms with E-state index in [9.17, 15) is 0 Å². The number of nitrogens with zero attached hydrogens (tertiary/aromatic N) is 2. The highest BCUT2D eigenvalue weighted by atomic mass is 127. The quantitative estimate of drug-likeness (QED) is 0.318. The van der Waals surface area contributed by atoms with Gasteiger partial charge in [-0.1, -0.05) is 36.4 Å². The molecule has 2 N–H and O–H groups in total. The van der Waals surface area contributed by atoms with Crippen LogP contribution >= 0.6 is 24.0 Å². The zero-order valence-corrected chi connectivity index (χ0v) is 17.9. The molecule has 0 saturated heterocycles. The van der Waals surface area contributed by atoms with E-state index in [0.717, 1.165) is 44.9 Å². The van der Waals surface area contributed by atoms with Crippen LogP contribution in [0.3, 0.4) is 0 Å². The Morgan fingerprint density at radius 2 is 1.88 bits per heavy atom. The van der Waals surface area contributed by atoms with Gasteiger partial charge in [0.1, 0.15) is 0 Å². The van der Waals surface area contributed by atoms with Gasteiger partial charge in [0.05, 0.1) is 0 Å². The Balaban J connectivity index is 0.00000225. The lowest BCUT2D eigenvalue weighted by molar-refractivity contribution is 0.107. The highest BCUT2D eigenvalue weighted by Crippen LogP contribution is 2.24. The van der Waals surface area contributed by atoms with E-state index in [0.29, 0.717) is 6.04 Å². The first-order chi connectivity index (χ1) is 11.6. The van der Waals surface area contributed by atoms with Crippen molar-refractivity contribution in [2.75, 3.05) is 20.1 Å². The van der Waals surface area contributed by atoms with Crippen LogP contribution < -0.4 is 10.6 Å². The Morgan fingerprint density at radius 3 is 2.56 bits per heavy atom. The normalized spacial score (nSPS) is 18.6. The maximum atomic E-state index is 4.38. The van der Waals surface area contributed by atoms with Gasteiger partial charge in [-0.05, 0) is 44.2 Å². The predicted octanol–water partition coefficient (Wildman–Crippen LogP) is 3.32. The van der Waals surface area contributed by atoms with Gasteiger partial charge in [0.15, 0.2) is 5.96 Å². The third kappa shape index (κ3) is 5.20. The lowest BCUT2D eigenvalue weighted by atomic mass is 9.94. The van der Waals surface area contributed by atoms with Crippen molar-refractivity contribution < 1.29 is 0 Å². The Labute approximate surface area is 169 Å². The second-order valence-electron chi connectivity index (χ2n) is 7.46. The summed E-state index contributed by atoms with van der Waals surface area (Å²) in [6.45, 7) is 7.67. The minimum atomic E-state index is 0. The zero-order chi connectivity index (χ0) is 17.0. The lowest BCUT2D eigenvalue weighted by Crippen LogP contribution is -2.55. The second-order valence-corrected chi connectivity index (χ2v) is 7.46. The van der Waals surface area contributed by atoms with Crippen molar-refractivity contribution >= 4 is 29.9 Å². The standard InChI is InChI=1S/C20H30N4.HI/c1-20(2,15-22-19(21-3)23-18-10-6-7-11-18)24-13-12-16-8-4-5-9-17(16)14-24;/h4-9,18H,10-15H2,1-3H3,(H2,21,22,23);1H. The zero-order valence-electron chi connectivity index (χ0n) is 15.6. The molecule has 0 aromatic heterocycles. The molecule has 1 heterocycles. The number of guanidine groups is 1. The number of benzene rings is 1. The SMILES string of the molecule is CN=C(NCC(C)(C)N1CCc2ccccc2C1)NC1CC=CC1.I. The number of halogens is 1. The summed E-state index contributed by atoms with van der Waals surface area (Å²) in [4.78, 5) is 6.96. The van der Waals surface area contributed by atoms with Crippen LogP contribution in [0.5, 0.6) is 0 Å². The maximum Gasteiger partial charge on any atom is 0.191 e. The molecule has 3 rings (SSSR count). The van der Waals surface area contributed by atoms with Gasteiger partial charge in [-0.15, -0.1) is 24.0 Å². The third-order valence-corrected chi connectivity index (χ3v) is 5.25. The fraction of sp³-hybridized carbons (Fsp3) is 0.550. The maximum absolute atomic E-state index is 4.38. The van der Waals surface area contributed by atoms with Crippen LogP contribution in [0.25, 0.3) is 0 Å². The number of hydrogen-bond donors (Lipinski definition) is 2. The molecule has 0 spiro atoms. The third-order valence-electron chi connectivity index (χ3n) is 5.25. The van der Waals surface area contributed by atoms with Crippen LogP contribution in [0, 0.1) is 0 Å². The number of fused-ring (bicyclic) bond motifs is 1. The molecule has 1 aliphatic heterocycles. The first-order valence-corrected chi connectivity index (χ1v) is 9.02. The Bertz CT molecular complexity index is 616. The van der Waals surface area contributed by atoms with E-state index in [2.05, 4.69) is 70.8 Å². The molecule has 0 amide bonds. The monoisotopic (exact) mass is 454 g/mol. The molecule has 0 atom stereocenters. The number of rotatable bonds is 4. The average Bonchev–Trinajstić information content (AvgIpc) is 3.11. The fourth-order valence-electron chi connectivity index (χ4n) is 3.55. The highest BCUT2D eigenvalue weighted by molar-refractivity contribution is 14.0. The Hall–Kier alpha value is -1.08. The van der Waals surface area contributed by atoms with E-state index in [1.165, 1.54) is 11.1 Å². The van der Waals surface area contributed by atoms with Crippen LogP contribution in [0.2, 0.25) is 0 Å². The largest absolute Gasteiger partial charge is 0.355 e. The van der Waals surface area contributed by atoms with Gasteiger partial charge in [0.25, 0.3) is 0 Å². The topological polar surface area (TPSA) is 39.7 Å². The molecular formula is C20H31IN4. The van der Waals surface area contributed by atoms with Crippen LogP contribution in [-0.2, 0) is 13.0 Å². The highest BCUT2D eigenvalue weighted by Gasteiger charge is 2.30. The van der Waals surface area contributed by atoms with E-state index < -0.39 is 0 Å². The van der Waals surface area contributed by atoms with Crippen molar-refractivity contribution in [3.8, 4) is 0 Å². The number of aliphatic imine (C=N–C) groups is 1. The van der Waals surface area contributed by atoms with Crippen molar-refractivity contribution in [1.29, 1.82) is 0 Å². The summed E-state index contributed by atoms with van der Waals surface area (Å²) in [7, 11) is 1.85. The molecule has 0 bridgehead atoms. The molecule has 1 aromatic carbocycles. The molecule has 2 aliphatic rings. The molecule has 0 fully saturated rings. The van der Waals surface area contributed by atoms with Gasteiger partial charge < -0.3 is 10.6 Å². The van der Waals surface area contributed by atoms with Gasteiger partial charge in [-0.3, -0.25) is 9.89 Å². The van der Waals surface area contributed by atoms with Crippen LogP contribution in [0.1, 0.15) is 37.8 Å². The first kappa shape index (κ1) is 20.2. The van der Waals surface area contributed by atoms with E-state index >= 15 is 0 Å². The van der Waals surface area contributed by atoms with E-state index in [-0.39, 0.29) is 29.5 Å². The average molecular weight is 454 g/mol. The molecule has 25 heavy (non-hydrogen) atoms. The molecular weight excluding hydrogens is 423 g/mol. The minimum absolute atomic E-state index is 0. The van der Waals surface area contributed by atoms with Crippen molar-refractivity contribution in [2.45, 2.75) is 51.2 Å². The Kier molecular flexibility index (Phi) is 7.31. The molecule has 1 aliphatic carbocycles. The molecule has 5 heteroatoms. The Morgan fingerprint density at radius 1 is 1.20 bits per heavy atom. The summed E-state index contributed by atoms with van der Waals surface area (Å²) in [6.07, 6.45) is 7.79. The molecule has 0 unspecified atom stereocenters. The van der Waals surface area contributed by atoms with E-state index in [4.69, 9.17) is 0 Å². The van der Waals surface area contributed by atoms with Gasteiger partial charge in [0.2, 0.25) is 0 Å². The summed E-state index contributed by atoms with van der Waals surface area (Å²) >= 11 is 0. The number of nitrogens with one attached hydrogen (secondary N) is 2. The summed E-state index contributed by atoms with van der Waals surface area (Å²) in [5.74, 6) is 0.911. The van der Waals surface area contributed by atoms with E-state index in [1.807, 2.05) is 7.05 Å². The van der Waals surface area contributed by atoms with Crippen molar-refractivity contribution in [3.05, 3.63) is 47.5 Å². The van der Waals surface area contributed by atoms with Crippen molar-refractivity contribution in [2.24, 2.45) is 4.99 Å². The van der Waals surface area contributed by atoms with Crippen LogP contribution in [0.4, 0.5) is 0 Å². The minimum Gasteiger partial charge on any atom is -0.355 e. The molecule has 138 valence electrons. The lowest BCUT2D eigenvalue weighted by Gasteiger charge is -2.42. The van der Waals surface area contributed by atoms with Crippen LogP contribution in [-0.4, -0.2) is 42.6 Å². The number of hydrogen-bond acceptors (Lipinski definition) is 2. The predicted molar refractivity (Wildman–Crippen MR) is 117 cm³/mol. The second kappa shape index (κ2) is 9.03. The molecule has 0 radical (unpaired) electrons. The summed E-state index contributed by atoms with van der Waals surface area (Å²) in [5.41, 5.74) is 3.05. The fourth-order valence-corrected chi connectivity index (χ4v) is 3.55. The van der Waals surface area contributed by atoms with Crippen LogP contribution in [0.15, 0.2) is 41.4 Å². The molecule has 1 aromatic rings. The first-order valence-electron chi connectivity index (χ1n) is 9.02. The molecule has 4 nitrogen and oxygen atoms in total. The summed E-state index contributed by atoms with van der Waals surface area (Å²) in [6, 6.07) is 9.31. The van der Waals surface area contributed by atoms with Gasteiger partial charge in [-0.25, -0.2) is 0 Å². The summed E-state index contributed by atoms with van der Waals surface area (Å²) < 4.78 is 0. The van der Waals surface area contributed by atoms with Gasteiger partial charge in [-0.2, -0.15) is 0 Å². The van der Waals surface area contributed by atoms with Crippen molar-refractivity contribution in [1.82, 2.24) is 15.5 Å². The van der Waals surface area contributed by atoms with Crippen molar-refractivity contribution in [3.63, 3.8) is 0 Å². The van der Waals surface area contributed by atoms with E-state index in [1.54, 1.807) is 0 Å². The smallest absolute Gasteiger partial charge is 0.191 e. The molecule has 0 saturated carbocycles. The summed E-state index contributed by atoms with van der Waals surface area (Å²) in [5, 5.41) is 7.04. The van der Waals surface area contributed by atoms with Gasteiger partial charge >= 0.3 is 0 Å².